The average molecular weight is 437 g/mol. The molecule has 0 aliphatic rings. The van der Waals surface area contributed by atoms with Gasteiger partial charge in [0.1, 0.15) is 5.52 Å². The molecular formula is C25H24N8. The van der Waals surface area contributed by atoms with E-state index in [1.165, 1.54) is 0 Å². The van der Waals surface area contributed by atoms with E-state index in [-0.39, 0.29) is 0 Å². The predicted molar refractivity (Wildman–Crippen MR) is 129 cm³/mol. The number of hydrogen-bond acceptors (Lipinski definition) is 5. The molecule has 0 saturated heterocycles. The van der Waals surface area contributed by atoms with E-state index < -0.39 is 0 Å². The standard InChI is InChI=1S/C25H24N8/c1-5-7-17(16-10-12-26-13-11-16)22-15(3)27-25(29-22)24-23-21(30-31-24)9-8-20(28-23)18-14-33(4)32-19(18)6-2/h5,7-14H,1,6H2,2-4H3,(H,27,29)(H,30,31)/b17-7-. The summed E-state index contributed by atoms with van der Waals surface area (Å²) in [5.74, 6) is 0.657. The molecule has 0 saturated carbocycles. The zero-order valence-corrected chi connectivity index (χ0v) is 18.8. The van der Waals surface area contributed by atoms with Crippen molar-refractivity contribution in [2.75, 3.05) is 0 Å². The molecule has 0 aliphatic carbocycles. The van der Waals surface area contributed by atoms with E-state index in [0.717, 1.165) is 56.9 Å². The lowest BCUT2D eigenvalue weighted by molar-refractivity contribution is 0.746. The number of pyridine rings is 2. The molecule has 164 valence electrons. The van der Waals surface area contributed by atoms with Crippen LogP contribution in [0.1, 0.15) is 29.6 Å². The molecule has 0 unspecified atom stereocenters. The van der Waals surface area contributed by atoms with Gasteiger partial charge in [0, 0.05) is 42.5 Å². The molecule has 5 rings (SSSR count). The highest BCUT2D eigenvalue weighted by Gasteiger charge is 2.19. The van der Waals surface area contributed by atoms with Gasteiger partial charge in [-0.2, -0.15) is 10.2 Å². The Morgan fingerprint density at radius 2 is 1.97 bits per heavy atom. The first-order valence-electron chi connectivity index (χ1n) is 10.8. The van der Waals surface area contributed by atoms with Crippen LogP contribution in [0.2, 0.25) is 0 Å². The molecule has 0 atom stereocenters. The van der Waals surface area contributed by atoms with Crippen molar-refractivity contribution in [3.8, 4) is 22.8 Å². The molecule has 0 spiro atoms. The van der Waals surface area contributed by atoms with Crippen LogP contribution in [0.15, 0.2) is 61.6 Å². The van der Waals surface area contributed by atoms with E-state index in [1.807, 2.05) is 55.2 Å². The number of aryl methyl sites for hydroxylation is 3. The zero-order chi connectivity index (χ0) is 22.9. The summed E-state index contributed by atoms with van der Waals surface area (Å²) in [6.45, 7) is 7.96. The van der Waals surface area contributed by atoms with Gasteiger partial charge in [0.05, 0.1) is 22.6 Å². The first-order chi connectivity index (χ1) is 16.1. The summed E-state index contributed by atoms with van der Waals surface area (Å²) in [6.07, 6.45) is 10.1. The molecule has 0 radical (unpaired) electrons. The van der Waals surface area contributed by atoms with Crippen LogP contribution in [-0.4, -0.2) is 39.9 Å². The second kappa shape index (κ2) is 8.31. The fourth-order valence-electron chi connectivity index (χ4n) is 4.02. The summed E-state index contributed by atoms with van der Waals surface area (Å²) >= 11 is 0. The van der Waals surface area contributed by atoms with Crippen LogP contribution in [0.5, 0.6) is 0 Å². The quantitative estimate of drug-likeness (QED) is 0.378. The topological polar surface area (TPSA) is 101 Å². The van der Waals surface area contributed by atoms with E-state index in [0.29, 0.717) is 11.5 Å². The molecule has 2 N–H and O–H groups in total. The highest BCUT2D eigenvalue weighted by molar-refractivity contribution is 5.90. The third-order valence-corrected chi connectivity index (χ3v) is 5.56. The third kappa shape index (κ3) is 3.65. The summed E-state index contributed by atoms with van der Waals surface area (Å²) in [5.41, 5.74) is 8.94. The number of rotatable bonds is 6. The van der Waals surface area contributed by atoms with Crippen molar-refractivity contribution in [3.05, 3.63) is 84.2 Å². The lowest BCUT2D eigenvalue weighted by Crippen LogP contribution is -1.92. The largest absolute Gasteiger partial charge is 0.340 e. The molecule has 8 heteroatoms. The van der Waals surface area contributed by atoms with Crippen molar-refractivity contribution >= 4 is 16.6 Å². The Morgan fingerprint density at radius 1 is 1.15 bits per heavy atom. The lowest BCUT2D eigenvalue weighted by atomic mass is 10.0. The van der Waals surface area contributed by atoms with Gasteiger partial charge in [-0.1, -0.05) is 25.7 Å². The Hall–Kier alpha value is -4.33. The van der Waals surface area contributed by atoms with E-state index in [9.17, 15) is 0 Å². The molecule has 0 aliphatic heterocycles. The number of nitrogens with one attached hydrogen (secondary N) is 2. The summed E-state index contributed by atoms with van der Waals surface area (Å²) in [5, 5.41) is 12.2. The van der Waals surface area contributed by atoms with Gasteiger partial charge in [-0.15, -0.1) is 0 Å². The number of allylic oxidation sites excluding steroid dienone is 2. The highest BCUT2D eigenvalue weighted by atomic mass is 15.3. The maximum absolute atomic E-state index is 4.94. The Kier molecular flexibility index (Phi) is 5.18. The van der Waals surface area contributed by atoms with Gasteiger partial charge in [-0.05, 0) is 43.2 Å². The first kappa shape index (κ1) is 20.6. The fourth-order valence-corrected chi connectivity index (χ4v) is 4.02. The fraction of sp³-hybridized carbons (Fsp3) is 0.160. The van der Waals surface area contributed by atoms with E-state index in [2.05, 4.69) is 38.8 Å². The Labute approximate surface area is 191 Å². The minimum Gasteiger partial charge on any atom is -0.340 e. The van der Waals surface area contributed by atoms with Crippen molar-refractivity contribution in [1.29, 1.82) is 0 Å². The van der Waals surface area contributed by atoms with Crippen LogP contribution in [0.25, 0.3) is 39.4 Å². The maximum atomic E-state index is 4.94. The predicted octanol–water partition coefficient (Wildman–Crippen LogP) is 4.63. The lowest BCUT2D eigenvalue weighted by Gasteiger charge is -2.05. The highest BCUT2D eigenvalue weighted by Crippen LogP contribution is 2.31. The summed E-state index contributed by atoms with van der Waals surface area (Å²) in [7, 11) is 1.93. The normalized spacial score (nSPS) is 11.9. The molecular weight excluding hydrogens is 412 g/mol. The molecule has 0 bridgehead atoms. The number of nitrogens with zero attached hydrogens (tertiary/aromatic N) is 6. The minimum atomic E-state index is 0.657. The van der Waals surface area contributed by atoms with Crippen molar-refractivity contribution in [2.24, 2.45) is 7.05 Å². The Bertz CT molecular complexity index is 1480. The van der Waals surface area contributed by atoms with Crippen molar-refractivity contribution in [1.82, 2.24) is 39.9 Å². The van der Waals surface area contributed by atoms with E-state index in [4.69, 9.17) is 9.97 Å². The van der Waals surface area contributed by atoms with Crippen LogP contribution in [-0.2, 0) is 13.5 Å². The molecule has 0 aromatic carbocycles. The second-order valence-electron chi connectivity index (χ2n) is 7.79. The molecule has 33 heavy (non-hydrogen) atoms. The summed E-state index contributed by atoms with van der Waals surface area (Å²) in [6, 6.07) is 7.91. The van der Waals surface area contributed by atoms with Gasteiger partial charge in [-0.3, -0.25) is 14.8 Å². The molecule has 5 heterocycles. The SMILES string of the molecule is C=C/C=C(/c1ccncc1)c1nc(-c2n[nH]c3ccc(-c4cn(C)nc4CC)nc23)[nH]c1C. The van der Waals surface area contributed by atoms with Gasteiger partial charge in [0.25, 0.3) is 0 Å². The van der Waals surface area contributed by atoms with Gasteiger partial charge < -0.3 is 4.98 Å². The van der Waals surface area contributed by atoms with Crippen molar-refractivity contribution in [3.63, 3.8) is 0 Å². The number of hydrogen-bond donors (Lipinski definition) is 2. The van der Waals surface area contributed by atoms with E-state index in [1.54, 1.807) is 18.5 Å². The molecule has 0 fully saturated rings. The van der Waals surface area contributed by atoms with Crippen LogP contribution in [0.4, 0.5) is 0 Å². The maximum Gasteiger partial charge on any atom is 0.161 e. The number of fused-ring (bicyclic) bond motifs is 1. The average Bonchev–Trinajstić information content (AvgIpc) is 3.53. The number of H-pyrrole nitrogens is 2. The van der Waals surface area contributed by atoms with Crippen LogP contribution >= 0.6 is 0 Å². The Morgan fingerprint density at radius 3 is 2.73 bits per heavy atom. The number of imidazole rings is 1. The van der Waals surface area contributed by atoms with Gasteiger partial charge in [-0.25, -0.2) is 9.97 Å². The van der Waals surface area contributed by atoms with Crippen molar-refractivity contribution in [2.45, 2.75) is 20.3 Å². The molecule has 5 aromatic heterocycles. The van der Waals surface area contributed by atoms with Gasteiger partial charge >= 0.3 is 0 Å². The van der Waals surface area contributed by atoms with Crippen LogP contribution < -0.4 is 0 Å². The number of aromatic amines is 2. The summed E-state index contributed by atoms with van der Waals surface area (Å²) in [4.78, 5) is 17.4. The summed E-state index contributed by atoms with van der Waals surface area (Å²) < 4.78 is 1.82. The molecule has 8 nitrogen and oxygen atoms in total. The first-order valence-corrected chi connectivity index (χ1v) is 10.8. The van der Waals surface area contributed by atoms with E-state index >= 15 is 0 Å². The third-order valence-electron chi connectivity index (χ3n) is 5.56. The monoisotopic (exact) mass is 436 g/mol. The smallest absolute Gasteiger partial charge is 0.161 e. The Balaban J connectivity index is 1.62. The second-order valence-corrected chi connectivity index (χ2v) is 7.79. The van der Waals surface area contributed by atoms with Crippen molar-refractivity contribution < 1.29 is 0 Å². The molecule has 5 aromatic rings. The van der Waals surface area contributed by atoms with Crippen LogP contribution in [0, 0.1) is 6.92 Å². The number of aromatic nitrogens is 8. The minimum absolute atomic E-state index is 0.657. The van der Waals surface area contributed by atoms with Gasteiger partial charge in [0.15, 0.2) is 11.5 Å². The zero-order valence-electron chi connectivity index (χ0n) is 18.8. The van der Waals surface area contributed by atoms with Crippen LogP contribution in [0.3, 0.4) is 0 Å². The van der Waals surface area contributed by atoms with Gasteiger partial charge in [0.2, 0.25) is 0 Å². The molecule has 0 amide bonds.